The average Bonchev–Trinajstić information content (AvgIpc) is 2.71. The number of fused-ring (bicyclic) bond motifs is 1. The summed E-state index contributed by atoms with van der Waals surface area (Å²) in [5, 5.41) is 10.3. The summed E-state index contributed by atoms with van der Waals surface area (Å²) >= 11 is 0. The predicted octanol–water partition coefficient (Wildman–Crippen LogP) is 2.50. The van der Waals surface area contributed by atoms with Crippen molar-refractivity contribution < 1.29 is 19.0 Å². The number of hydrogen-bond acceptors (Lipinski definition) is 4. The van der Waals surface area contributed by atoms with Crippen molar-refractivity contribution in [2.45, 2.75) is 13.0 Å². The van der Waals surface area contributed by atoms with E-state index in [9.17, 15) is 5.11 Å². The van der Waals surface area contributed by atoms with Crippen molar-refractivity contribution in [1.82, 2.24) is 0 Å². The summed E-state index contributed by atoms with van der Waals surface area (Å²) in [6.45, 7) is 1.65. The molecule has 1 heterocycles. The van der Waals surface area contributed by atoms with Gasteiger partial charge in [-0.2, -0.15) is 0 Å². The van der Waals surface area contributed by atoms with Crippen LogP contribution in [-0.4, -0.2) is 19.3 Å². The van der Waals surface area contributed by atoms with Gasteiger partial charge in [0.1, 0.15) is 28.9 Å². The summed E-state index contributed by atoms with van der Waals surface area (Å²) in [6.07, 6.45) is -0.636. The molecule has 86 valence electrons. The van der Waals surface area contributed by atoms with Crippen LogP contribution in [0.5, 0.6) is 11.5 Å². The fourth-order valence-corrected chi connectivity index (χ4v) is 1.60. The van der Waals surface area contributed by atoms with Gasteiger partial charge in [0, 0.05) is 12.1 Å². The van der Waals surface area contributed by atoms with Crippen LogP contribution < -0.4 is 9.47 Å². The molecular weight excluding hydrogens is 208 g/mol. The molecule has 16 heavy (non-hydrogen) atoms. The predicted molar refractivity (Wildman–Crippen MR) is 60.0 cm³/mol. The Morgan fingerprint density at radius 3 is 2.50 bits per heavy atom. The summed E-state index contributed by atoms with van der Waals surface area (Å²) in [6, 6.07) is 5.33. The van der Waals surface area contributed by atoms with E-state index in [2.05, 4.69) is 0 Å². The molecular formula is C12H14O4. The first-order valence-electron chi connectivity index (χ1n) is 4.99. The van der Waals surface area contributed by atoms with E-state index in [0.29, 0.717) is 22.8 Å². The second kappa shape index (κ2) is 4.06. The van der Waals surface area contributed by atoms with Crippen molar-refractivity contribution in [2.75, 3.05) is 14.2 Å². The van der Waals surface area contributed by atoms with Crippen LogP contribution in [0.3, 0.4) is 0 Å². The van der Waals surface area contributed by atoms with Gasteiger partial charge < -0.3 is 19.0 Å². The van der Waals surface area contributed by atoms with Crippen molar-refractivity contribution in [2.24, 2.45) is 0 Å². The number of methoxy groups -OCH3 is 2. The van der Waals surface area contributed by atoms with E-state index in [-0.39, 0.29) is 0 Å². The van der Waals surface area contributed by atoms with Crippen molar-refractivity contribution in [3.05, 3.63) is 24.0 Å². The second-order valence-electron chi connectivity index (χ2n) is 3.57. The summed E-state index contributed by atoms with van der Waals surface area (Å²) in [4.78, 5) is 0. The molecule has 2 rings (SSSR count). The molecule has 0 aliphatic carbocycles. The monoisotopic (exact) mass is 222 g/mol. The number of hydrogen-bond donors (Lipinski definition) is 1. The van der Waals surface area contributed by atoms with Crippen LogP contribution in [0.1, 0.15) is 18.8 Å². The number of furan rings is 1. The first-order valence-corrected chi connectivity index (χ1v) is 4.99. The Balaban J connectivity index is 2.65. The Hall–Kier alpha value is -1.68. The zero-order chi connectivity index (χ0) is 11.7. The standard InChI is InChI=1S/C12H14O4/c1-7(13)10-6-9-11(15-3)4-8(14-2)5-12(9)16-10/h4-7,13H,1-3H3. The Labute approximate surface area is 93.4 Å². The first kappa shape index (κ1) is 10.8. The van der Waals surface area contributed by atoms with Gasteiger partial charge in [-0.3, -0.25) is 0 Å². The lowest BCUT2D eigenvalue weighted by Crippen LogP contribution is -1.87. The summed E-state index contributed by atoms with van der Waals surface area (Å²) < 4.78 is 15.9. The highest BCUT2D eigenvalue weighted by atomic mass is 16.5. The van der Waals surface area contributed by atoms with Gasteiger partial charge in [0.2, 0.25) is 0 Å². The molecule has 0 aliphatic heterocycles. The average molecular weight is 222 g/mol. The van der Waals surface area contributed by atoms with E-state index in [4.69, 9.17) is 13.9 Å². The molecule has 4 heteroatoms. The lowest BCUT2D eigenvalue weighted by Gasteiger charge is -2.04. The maximum absolute atomic E-state index is 9.45. The SMILES string of the molecule is COc1cc(OC)c2cc(C(C)O)oc2c1. The highest BCUT2D eigenvalue weighted by molar-refractivity contribution is 5.86. The third kappa shape index (κ3) is 1.72. The summed E-state index contributed by atoms with van der Waals surface area (Å²) in [5.74, 6) is 1.85. The third-order valence-electron chi connectivity index (χ3n) is 2.46. The summed E-state index contributed by atoms with van der Waals surface area (Å²) in [5.41, 5.74) is 0.645. The minimum absolute atomic E-state index is 0.515. The largest absolute Gasteiger partial charge is 0.496 e. The van der Waals surface area contributed by atoms with Gasteiger partial charge in [-0.05, 0) is 13.0 Å². The Morgan fingerprint density at radius 1 is 1.19 bits per heavy atom. The van der Waals surface area contributed by atoms with Crippen LogP contribution in [-0.2, 0) is 0 Å². The number of benzene rings is 1. The molecule has 1 atom stereocenters. The molecule has 0 aliphatic rings. The number of aliphatic hydroxyl groups is 1. The quantitative estimate of drug-likeness (QED) is 0.866. The van der Waals surface area contributed by atoms with Gasteiger partial charge in [-0.25, -0.2) is 0 Å². The zero-order valence-corrected chi connectivity index (χ0v) is 9.48. The topological polar surface area (TPSA) is 51.8 Å². The minimum atomic E-state index is -0.636. The first-order chi connectivity index (χ1) is 7.65. The second-order valence-corrected chi connectivity index (χ2v) is 3.57. The number of aliphatic hydroxyl groups excluding tert-OH is 1. The molecule has 0 bridgehead atoms. The molecule has 1 unspecified atom stereocenters. The smallest absolute Gasteiger partial charge is 0.141 e. The zero-order valence-electron chi connectivity index (χ0n) is 9.48. The Bertz CT molecular complexity index is 499. The molecule has 0 saturated carbocycles. The molecule has 1 aromatic carbocycles. The Kier molecular flexibility index (Phi) is 2.75. The van der Waals surface area contributed by atoms with Gasteiger partial charge in [-0.1, -0.05) is 0 Å². The number of rotatable bonds is 3. The van der Waals surface area contributed by atoms with E-state index in [0.717, 1.165) is 5.39 Å². The van der Waals surface area contributed by atoms with Crippen molar-refractivity contribution in [3.8, 4) is 11.5 Å². The van der Waals surface area contributed by atoms with E-state index in [1.807, 2.05) is 0 Å². The van der Waals surface area contributed by atoms with Crippen LogP contribution in [0.25, 0.3) is 11.0 Å². The molecule has 0 amide bonds. The molecule has 0 radical (unpaired) electrons. The van der Waals surface area contributed by atoms with Crippen molar-refractivity contribution in [3.63, 3.8) is 0 Å². The van der Waals surface area contributed by atoms with Crippen LogP contribution in [0.4, 0.5) is 0 Å². The summed E-state index contributed by atoms with van der Waals surface area (Å²) in [7, 11) is 3.17. The fraction of sp³-hybridized carbons (Fsp3) is 0.333. The lowest BCUT2D eigenvalue weighted by molar-refractivity contribution is 0.172. The fourth-order valence-electron chi connectivity index (χ4n) is 1.60. The maximum Gasteiger partial charge on any atom is 0.141 e. The highest BCUT2D eigenvalue weighted by Gasteiger charge is 2.13. The molecule has 2 aromatic rings. The van der Waals surface area contributed by atoms with Gasteiger partial charge in [0.05, 0.1) is 19.6 Å². The molecule has 4 nitrogen and oxygen atoms in total. The third-order valence-corrected chi connectivity index (χ3v) is 2.46. The van der Waals surface area contributed by atoms with E-state index < -0.39 is 6.10 Å². The normalized spacial score (nSPS) is 12.8. The molecule has 1 N–H and O–H groups in total. The van der Waals surface area contributed by atoms with Crippen LogP contribution in [0.2, 0.25) is 0 Å². The van der Waals surface area contributed by atoms with Crippen LogP contribution in [0, 0.1) is 0 Å². The van der Waals surface area contributed by atoms with Gasteiger partial charge >= 0.3 is 0 Å². The van der Waals surface area contributed by atoms with Gasteiger partial charge in [-0.15, -0.1) is 0 Å². The highest BCUT2D eigenvalue weighted by Crippen LogP contribution is 2.34. The molecule has 0 saturated heterocycles. The van der Waals surface area contributed by atoms with Gasteiger partial charge in [0.15, 0.2) is 0 Å². The molecule has 0 spiro atoms. The van der Waals surface area contributed by atoms with E-state index in [1.54, 1.807) is 39.3 Å². The number of ether oxygens (including phenoxy) is 2. The van der Waals surface area contributed by atoms with Gasteiger partial charge in [0.25, 0.3) is 0 Å². The minimum Gasteiger partial charge on any atom is -0.496 e. The van der Waals surface area contributed by atoms with E-state index >= 15 is 0 Å². The van der Waals surface area contributed by atoms with Crippen LogP contribution >= 0.6 is 0 Å². The molecule has 1 aromatic heterocycles. The maximum atomic E-state index is 9.45. The van der Waals surface area contributed by atoms with Crippen molar-refractivity contribution in [1.29, 1.82) is 0 Å². The van der Waals surface area contributed by atoms with Crippen LogP contribution in [0.15, 0.2) is 22.6 Å². The Morgan fingerprint density at radius 2 is 1.94 bits per heavy atom. The van der Waals surface area contributed by atoms with E-state index in [1.165, 1.54) is 0 Å². The molecule has 0 fully saturated rings. The van der Waals surface area contributed by atoms with Crippen molar-refractivity contribution >= 4 is 11.0 Å². The lowest BCUT2D eigenvalue weighted by atomic mass is 10.2.